The van der Waals surface area contributed by atoms with Crippen molar-refractivity contribution in [1.82, 2.24) is 19.9 Å². The van der Waals surface area contributed by atoms with Gasteiger partial charge in [-0.2, -0.15) is 0 Å². The van der Waals surface area contributed by atoms with Crippen LogP contribution in [0.3, 0.4) is 0 Å². The van der Waals surface area contributed by atoms with Gasteiger partial charge in [-0.3, -0.25) is 4.79 Å². The highest BCUT2D eigenvalue weighted by atomic mass is 16.5. The summed E-state index contributed by atoms with van der Waals surface area (Å²) in [5.41, 5.74) is 1.70. The van der Waals surface area contributed by atoms with Crippen molar-refractivity contribution in [2.45, 2.75) is 13.0 Å². The van der Waals surface area contributed by atoms with E-state index < -0.39 is 0 Å². The van der Waals surface area contributed by atoms with Crippen molar-refractivity contribution in [2.24, 2.45) is 0 Å². The van der Waals surface area contributed by atoms with Gasteiger partial charge >= 0.3 is 0 Å². The number of hydrogen-bond donors (Lipinski definition) is 0. The molecular weight excluding hydrogens is 244 g/mol. The number of morpholine rings is 1. The van der Waals surface area contributed by atoms with E-state index in [1.807, 2.05) is 36.1 Å². The summed E-state index contributed by atoms with van der Waals surface area (Å²) in [4.78, 5) is 14.2. The molecule has 2 heterocycles. The molecular formula is C13H16N4O2. The third kappa shape index (κ3) is 2.19. The first-order valence-electron chi connectivity index (χ1n) is 6.44. The molecule has 6 nitrogen and oxygen atoms in total. The zero-order valence-electron chi connectivity index (χ0n) is 10.8. The maximum atomic E-state index is 12.4. The van der Waals surface area contributed by atoms with E-state index in [4.69, 9.17) is 4.74 Å². The second-order valence-electron chi connectivity index (χ2n) is 4.64. The van der Waals surface area contributed by atoms with Crippen LogP contribution < -0.4 is 0 Å². The fraction of sp³-hybridized carbons (Fsp3) is 0.462. The number of rotatable bonds is 2. The first-order valence-corrected chi connectivity index (χ1v) is 6.44. The third-order valence-electron chi connectivity index (χ3n) is 3.42. The van der Waals surface area contributed by atoms with Crippen LogP contribution in [0, 0.1) is 0 Å². The number of carbonyl (C=O) groups is 1. The average Bonchev–Trinajstić information content (AvgIpc) is 2.90. The number of aromatic nitrogens is 3. The normalized spacial score (nSPS) is 17.6. The molecule has 0 bridgehead atoms. The minimum absolute atomic E-state index is 0.0685. The summed E-state index contributed by atoms with van der Waals surface area (Å²) in [7, 11) is 0. The molecule has 1 fully saturated rings. The molecule has 1 amide bonds. The summed E-state index contributed by atoms with van der Waals surface area (Å²) in [6.45, 7) is 4.37. The predicted octanol–water partition coefficient (Wildman–Crippen LogP) is 0.851. The van der Waals surface area contributed by atoms with E-state index in [1.165, 1.54) is 0 Å². The minimum atomic E-state index is -0.342. The Morgan fingerprint density at radius 3 is 2.84 bits per heavy atom. The molecule has 0 spiro atoms. The van der Waals surface area contributed by atoms with Crippen molar-refractivity contribution in [3.05, 3.63) is 24.3 Å². The molecule has 0 aliphatic carbocycles. The van der Waals surface area contributed by atoms with Gasteiger partial charge in [0.2, 0.25) is 5.91 Å². The predicted molar refractivity (Wildman–Crippen MR) is 69.6 cm³/mol. The number of benzene rings is 1. The molecule has 6 heteroatoms. The van der Waals surface area contributed by atoms with Gasteiger partial charge in [0.05, 0.1) is 18.7 Å². The van der Waals surface area contributed by atoms with E-state index in [1.54, 1.807) is 4.68 Å². The lowest BCUT2D eigenvalue weighted by Crippen LogP contribution is -2.43. The molecule has 1 aromatic heterocycles. The number of ether oxygens (including phenoxy) is 1. The van der Waals surface area contributed by atoms with Gasteiger partial charge in [-0.1, -0.05) is 17.3 Å². The molecule has 2 aromatic rings. The monoisotopic (exact) mass is 260 g/mol. The summed E-state index contributed by atoms with van der Waals surface area (Å²) in [5.74, 6) is 0.0685. The molecule has 0 saturated carbocycles. The number of hydrogen-bond acceptors (Lipinski definition) is 4. The topological polar surface area (TPSA) is 60.2 Å². The second kappa shape index (κ2) is 4.97. The van der Waals surface area contributed by atoms with Crippen LogP contribution in [0.5, 0.6) is 0 Å². The molecule has 1 atom stereocenters. The first-order chi connectivity index (χ1) is 9.27. The van der Waals surface area contributed by atoms with Crippen LogP contribution in [-0.2, 0) is 9.53 Å². The van der Waals surface area contributed by atoms with Gasteiger partial charge in [0.15, 0.2) is 0 Å². The lowest BCUT2D eigenvalue weighted by molar-refractivity contribution is -0.138. The van der Waals surface area contributed by atoms with Gasteiger partial charge in [0.1, 0.15) is 11.6 Å². The highest BCUT2D eigenvalue weighted by Crippen LogP contribution is 2.17. The molecule has 1 aliphatic heterocycles. The fourth-order valence-electron chi connectivity index (χ4n) is 2.33. The first kappa shape index (κ1) is 12.1. The van der Waals surface area contributed by atoms with Gasteiger partial charge in [0.25, 0.3) is 0 Å². The minimum Gasteiger partial charge on any atom is -0.378 e. The average molecular weight is 260 g/mol. The van der Waals surface area contributed by atoms with Gasteiger partial charge in [-0.15, -0.1) is 5.10 Å². The van der Waals surface area contributed by atoms with Crippen molar-refractivity contribution in [1.29, 1.82) is 0 Å². The van der Waals surface area contributed by atoms with Crippen LogP contribution in [-0.4, -0.2) is 52.1 Å². The van der Waals surface area contributed by atoms with E-state index >= 15 is 0 Å². The number of carbonyl (C=O) groups excluding carboxylic acids is 1. The van der Waals surface area contributed by atoms with Gasteiger partial charge in [0, 0.05) is 13.1 Å². The zero-order chi connectivity index (χ0) is 13.2. The van der Waals surface area contributed by atoms with E-state index in [0.29, 0.717) is 26.3 Å². The molecule has 1 saturated heterocycles. The molecule has 3 rings (SSSR count). The summed E-state index contributed by atoms with van der Waals surface area (Å²) in [6, 6.07) is 7.32. The largest absolute Gasteiger partial charge is 0.378 e. The standard InChI is InChI=1S/C13H16N4O2/c1-10(13(18)16-6-8-19-9-7-16)17-12-5-3-2-4-11(12)14-15-17/h2-5,10H,6-9H2,1H3. The SMILES string of the molecule is CC(C(=O)N1CCOCC1)n1nnc2ccccc21. The van der Waals surface area contributed by atoms with Crippen LogP contribution in [0.25, 0.3) is 11.0 Å². The Hall–Kier alpha value is -1.95. The van der Waals surface area contributed by atoms with Crippen LogP contribution in [0.1, 0.15) is 13.0 Å². The van der Waals surface area contributed by atoms with Crippen molar-refractivity contribution in [2.75, 3.05) is 26.3 Å². The number of fused-ring (bicyclic) bond motifs is 1. The van der Waals surface area contributed by atoms with E-state index in [2.05, 4.69) is 10.3 Å². The van der Waals surface area contributed by atoms with Crippen molar-refractivity contribution < 1.29 is 9.53 Å². The number of para-hydroxylation sites is 1. The lowest BCUT2D eigenvalue weighted by Gasteiger charge is -2.29. The number of amides is 1. The maximum absolute atomic E-state index is 12.4. The lowest BCUT2D eigenvalue weighted by atomic mass is 10.2. The van der Waals surface area contributed by atoms with Crippen LogP contribution in [0.2, 0.25) is 0 Å². The van der Waals surface area contributed by atoms with E-state index in [9.17, 15) is 4.79 Å². The van der Waals surface area contributed by atoms with Crippen molar-refractivity contribution in [3.63, 3.8) is 0 Å². The van der Waals surface area contributed by atoms with E-state index in [-0.39, 0.29) is 11.9 Å². The quantitative estimate of drug-likeness (QED) is 0.803. The Labute approximate surface area is 110 Å². The second-order valence-corrected chi connectivity index (χ2v) is 4.64. The maximum Gasteiger partial charge on any atom is 0.247 e. The highest BCUT2D eigenvalue weighted by Gasteiger charge is 2.25. The molecule has 1 aliphatic rings. The Morgan fingerprint density at radius 2 is 2.05 bits per heavy atom. The van der Waals surface area contributed by atoms with E-state index in [0.717, 1.165) is 11.0 Å². The van der Waals surface area contributed by atoms with Gasteiger partial charge < -0.3 is 9.64 Å². The van der Waals surface area contributed by atoms with Crippen LogP contribution >= 0.6 is 0 Å². The zero-order valence-corrected chi connectivity index (χ0v) is 10.8. The number of nitrogens with zero attached hydrogens (tertiary/aromatic N) is 4. The highest BCUT2D eigenvalue weighted by molar-refractivity contribution is 5.83. The van der Waals surface area contributed by atoms with Crippen molar-refractivity contribution in [3.8, 4) is 0 Å². The van der Waals surface area contributed by atoms with Crippen LogP contribution in [0.15, 0.2) is 24.3 Å². The Morgan fingerprint density at radius 1 is 1.32 bits per heavy atom. The third-order valence-corrected chi connectivity index (χ3v) is 3.42. The molecule has 100 valence electrons. The summed E-state index contributed by atoms with van der Waals surface area (Å²) >= 11 is 0. The smallest absolute Gasteiger partial charge is 0.247 e. The van der Waals surface area contributed by atoms with Crippen molar-refractivity contribution >= 4 is 16.9 Å². The molecule has 0 radical (unpaired) electrons. The Kier molecular flexibility index (Phi) is 3.16. The molecule has 1 aromatic carbocycles. The summed E-state index contributed by atoms with van der Waals surface area (Å²) < 4.78 is 6.95. The summed E-state index contributed by atoms with van der Waals surface area (Å²) in [5, 5.41) is 8.18. The molecule has 19 heavy (non-hydrogen) atoms. The summed E-state index contributed by atoms with van der Waals surface area (Å²) in [6.07, 6.45) is 0. The molecule has 1 unspecified atom stereocenters. The fourth-order valence-corrected chi connectivity index (χ4v) is 2.33. The van der Waals surface area contributed by atoms with Gasteiger partial charge in [-0.05, 0) is 19.1 Å². The van der Waals surface area contributed by atoms with Gasteiger partial charge in [-0.25, -0.2) is 4.68 Å². The molecule has 0 N–H and O–H groups in total. The Balaban J connectivity index is 1.86. The Bertz CT molecular complexity index is 589. The van der Waals surface area contributed by atoms with Crippen LogP contribution in [0.4, 0.5) is 0 Å².